The first-order valence-corrected chi connectivity index (χ1v) is 9.98. The number of benzene rings is 1. The number of aromatic nitrogens is 3. The molecule has 0 spiro atoms. The summed E-state index contributed by atoms with van der Waals surface area (Å²) < 4.78 is 4.57. The van der Waals surface area contributed by atoms with Crippen molar-refractivity contribution in [3.8, 4) is 11.4 Å². The first-order chi connectivity index (χ1) is 12.1. The summed E-state index contributed by atoms with van der Waals surface area (Å²) in [4.78, 5) is 3.89. The van der Waals surface area contributed by atoms with Crippen molar-refractivity contribution in [2.45, 2.75) is 25.6 Å². The Hall–Kier alpha value is -1.47. The van der Waals surface area contributed by atoms with Gasteiger partial charge in [-0.2, -0.15) is 5.10 Å². The highest BCUT2D eigenvalue weighted by molar-refractivity contribution is 7.71. The van der Waals surface area contributed by atoms with Gasteiger partial charge in [-0.1, -0.05) is 29.8 Å². The van der Waals surface area contributed by atoms with Crippen molar-refractivity contribution < 1.29 is 0 Å². The van der Waals surface area contributed by atoms with Crippen molar-refractivity contribution in [1.82, 2.24) is 19.2 Å². The standard InChI is InChI=1S/C18H19ClN4S2/c1-21-17(13-6-2-3-7-14(13)19)20-23(18(21)24)12-22-10-4-8-15(22)16-9-5-11-25-16/h2-3,5-7,9,11,15H,4,8,10,12H2,1H3/t15-/m1/s1. The van der Waals surface area contributed by atoms with Crippen LogP contribution >= 0.6 is 35.2 Å². The summed E-state index contributed by atoms with van der Waals surface area (Å²) in [5.41, 5.74) is 0.910. The third-order valence-electron chi connectivity index (χ3n) is 4.71. The minimum atomic E-state index is 0.465. The molecule has 1 aliphatic rings. The largest absolute Gasteiger partial charge is 0.303 e. The van der Waals surface area contributed by atoms with E-state index in [-0.39, 0.29) is 0 Å². The molecule has 0 aliphatic carbocycles. The van der Waals surface area contributed by atoms with Crippen LogP contribution in [0.5, 0.6) is 0 Å². The molecular weight excluding hydrogens is 372 g/mol. The Balaban J connectivity index is 1.65. The van der Waals surface area contributed by atoms with E-state index in [2.05, 4.69) is 22.4 Å². The van der Waals surface area contributed by atoms with Crippen LogP contribution in [0.3, 0.4) is 0 Å². The van der Waals surface area contributed by atoms with Gasteiger partial charge in [-0.3, -0.25) is 4.90 Å². The number of nitrogens with zero attached hydrogens (tertiary/aromatic N) is 4. The molecular formula is C18H19ClN4S2. The third kappa shape index (κ3) is 3.19. The monoisotopic (exact) mass is 390 g/mol. The van der Waals surface area contributed by atoms with Crippen LogP contribution in [0, 0.1) is 4.77 Å². The normalized spacial score (nSPS) is 18.1. The Morgan fingerprint density at radius 2 is 2.12 bits per heavy atom. The lowest BCUT2D eigenvalue weighted by atomic mass is 10.2. The number of likely N-dealkylation sites (tertiary alicyclic amines) is 1. The Morgan fingerprint density at radius 1 is 1.28 bits per heavy atom. The number of rotatable bonds is 4. The SMILES string of the molecule is Cn1c(-c2ccccc2Cl)nn(CN2CCC[C@@H]2c2cccs2)c1=S. The summed E-state index contributed by atoms with van der Waals surface area (Å²) >= 11 is 13.8. The minimum Gasteiger partial charge on any atom is -0.303 e. The molecule has 1 aromatic carbocycles. The lowest BCUT2D eigenvalue weighted by Gasteiger charge is -2.23. The molecule has 1 fully saturated rings. The highest BCUT2D eigenvalue weighted by atomic mass is 35.5. The molecule has 4 rings (SSSR count). The fraction of sp³-hybridized carbons (Fsp3) is 0.333. The summed E-state index contributed by atoms with van der Waals surface area (Å²) in [6, 6.07) is 12.6. The lowest BCUT2D eigenvalue weighted by molar-refractivity contribution is 0.192. The highest BCUT2D eigenvalue weighted by Crippen LogP contribution is 2.35. The molecule has 0 radical (unpaired) electrons. The zero-order valence-electron chi connectivity index (χ0n) is 13.9. The second-order valence-electron chi connectivity index (χ2n) is 6.27. The molecule has 1 atom stereocenters. The van der Waals surface area contributed by atoms with Crippen LogP contribution in [0.15, 0.2) is 41.8 Å². The van der Waals surface area contributed by atoms with Crippen molar-refractivity contribution >= 4 is 35.2 Å². The van der Waals surface area contributed by atoms with Crippen LogP contribution in [-0.4, -0.2) is 25.8 Å². The molecule has 0 bridgehead atoms. The average Bonchev–Trinajstić information content (AvgIpc) is 3.33. The summed E-state index contributed by atoms with van der Waals surface area (Å²) in [6.07, 6.45) is 2.40. The Morgan fingerprint density at radius 3 is 2.88 bits per heavy atom. The quantitative estimate of drug-likeness (QED) is 0.578. The van der Waals surface area contributed by atoms with Gasteiger partial charge in [0.05, 0.1) is 11.7 Å². The fourth-order valence-corrected chi connectivity index (χ4v) is 4.73. The zero-order chi connectivity index (χ0) is 17.4. The van der Waals surface area contributed by atoms with Gasteiger partial charge in [-0.05, 0) is 48.6 Å². The molecule has 25 heavy (non-hydrogen) atoms. The smallest absolute Gasteiger partial charge is 0.199 e. The molecule has 130 valence electrons. The van der Waals surface area contributed by atoms with E-state index in [1.165, 1.54) is 17.7 Å². The highest BCUT2D eigenvalue weighted by Gasteiger charge is 2.27. The van der Waals surface area contributed by atoms with Crippen molar-refractivity contribution in [1.29, 1.82) is 0 Å². The predicted molar refractivity (Wildman–Crippen MR) is 105 cm³/mol. The van der Waals surface area contributed by atoms with Gasteiger partial charge in [-0.15, -0.1) is 11.3 Å². The van der Waals surface area contributed by atoms with Crippen molar-refractivity contribution in [3.05, 3.63) is 56.4 Å². The maximum atomic E-state index is 6.35. The first kappa shape index (κ1) is 17.0. The van der Waals surface area contributed by atoms with Gasteiger partial charge in [0.15, 0.2) is 10.6 Å². The Kier molecular flexibility index (Phi) is 4.78. The van der Waals surface area contributed by atoms with E-state index in [1.807, 2.05) is 51.9 Å². The van der Waals surface area contributed by atoms with E-state index in [0.717, 1.165) is 17.9 Å². The van der Waals surface area contributed by atoms with Gasteiger partial charge in [0.2, 0.25) is 0 Å². The van der Waals surface area contributed by atoms with Crippen LogP contribution in [0.1, 0.15) is 23.8 Å². The van der Waals surface area contributed by atoms with Crippen molar-refractivity contribution in [3.63, 3.8) is 0 Å². The maximum Gasteiger partial charge on any atom is 0.199 e. The van der Waals surface area contributed by atoms with Gasteiger partial charge < -0.3 is 4.57 Å². The zero-order valence-corrected chi connectivity index (χ0v) is 16.3. The van der Waals surface area contributed by atoms with Gasteiger partial charge in [0.25, 0.3) is 0 Å². The minimum absolute atomic E-state index is 0.465. The van der Waals surface area contributed by atoms with Crippen LogP contribution in [0.2, 0.25) is 5.02 Å². The summed E-state index contributed by atoms with van der Waals surface area (Å²) in [7, 11) is 1.95. The van der Waals surface area contributed by atoms with Gasteiger partial charge in [-0.25, -0.2) is 4.68 Å². The first-order valence-electron chi connectivity index (χ1n) is 8.31. The molecule has 1 saturated heterocycles. The number of hydrogen-bond acceptors (Lipinski definition) is 4. The molecule has 3 aromatic rings. The number of hydrogen-bond donors (Lipinski definition) is 0. The molecule has 1 aliphatic heterocycles. The molecule has 0 saturated carbocycles. The molecule has 4 nitrogen and oxygen atoms in total. The summed E-state index contributed by atoms with van der Waals surface area (Å²) in [5, 5.41) is 7.61. The third-order valence-corrected chi connectivity index (χ3v) is 6.49. The molecule has 0 amide bonds. The van der Waals surface area contributed by atoms with E-state index in [9.17, 15) is 0 Å². The Labute approximate surface area is 161 Å². The molecule has 0 N–H and O–H groups in total. The van der Waals surface area contributed by atoms with Crippen molar-refractivity contribution in [2.75, 3.05) is 6.54 Å². The molecule has 2 aromatic heterocycles. The van der Waals surface area contributed by atoms with Crippen LogP contribution in [0.4, 0.5) is 0 Å². The van der Waals surface area contributed by atoms with Gasteiger partial charge in [0, 0.05) is 30.1 Å². The van der Waals surface area contributed by atoms with Crippen LogP contribution < -0.4 is 0 Å². The van der Waals surface area contributed by atoms with E-state index in [1.54, 1.807) is 0 Å². The second kappa shape index (κ2) is 7.03. The van der Waals surface area contributed by atoms with E-state index >= 15 is 0 Å². The molecule has 0 unspecified atom stereocenters. The van der Waals surface area contributed by atoms with Crippen LogP contribution in [-0.2, 0) is 13.7 Å². The van der Waals surface area contributed by atoms with E-state index in [4.69, 9.17) is 28.9 Å². The maximum absolute atomic E-state index is 6.35. The van der Waals surface area contributed by atoms with Gasteiger partial charge >= 0.3 is 0 Å². The Bertz CT molecular complexity index is 929. The molecule has 7 heteroatoms. The summed E-state index contributed by atoms with van der Waals surface area (Å²) in [5.74, 6) is 0.808. The summed E-state index contributed by atoms with van der Waals surface area (Å²) in [6.45, 7) is 1.78. The molecule has 3 heterocycles. The van der Waals surface area contributed by atoms with Crippen LogP contribution in [0.25, 0.3) is 11.4 Å². The van der Waals surface area contributed by atoms with E-state index < -0.39 is 0 Å². The van der Waals surface area contributed by atoms with Gasteiger partial charge in [0.1, 0.15) is 0 Å². The van der Waals surface area contributed by atoms with Crippen molar-refractivity contribution in [2.24, 2.45) is 7.05 Å². The number of halogens is 1. The average molecular weight is 391 g/mol. The topological polar surface area (TPSA) is 26.0 Å². The fourth-order valence-electron chi connectivity index (χ4n) is 3.43. The van der Waals surface area contributed by atoms with E-state index in [0.29, 0.717) is 22.5 Å². The predicted octanol–water partition coefficient (Wildman–Crippen LogP) is 5.13. The number of thiophene rings is 1. The lowest BCUT2D eigenvalue weighted by Crippen LogP contribution is -2.26. The second-order valence-corrected chi connectivity index (χ2v) is 8.02.